The molecular weight excluding hydrogens is 324 g/mol. The number of rotatable bonds is 4. The van der Waals surface area contributed by atoms with E-state index in [1.54, 1.807) is 0 Å². The lowest BCUT2D eigenvalue weighted by Crippen LogP contribution is -2.71. The first-order chi connectivity index (χ1) is 12.8. The Hall–Kier alpha value is -2.30. The van der Waals surface area contributed by atoms with Gasteiger partial charge >= 0.3 is 0 Å². The number of ether oxygens (including phenoxy) is 2. The summed E-state index contributed by atoms with van der Waals surface area (Å²) >= 11 is 0. The SMILES string of the molecule is C/C=C/c1ccc(C2[C@@H]3CN(Cc4ccc5c(c4)OCO5)C[C@H]2N3)cc1. The molecule has 1 unspecified atom stereocenters. The van der Waals surface area contributed by atoms with Gasteiger partial charge < -0.3 is 14.8 Å². The van der Waals surface area contributed by atoms with Crippen molar-refractivity contribution in [2.45, 2.75) is 31.5 Å². The second-order valence-corrected chi connectivity index (χ2v) is 7.45. The third kappa shape index (κ3) is 2.79. The normalized spacial score (nSPS) is 26.9. The summed E-state index contributed by atoms with van der Waals surface area (Å²) in [6.45, 7) is 5.55. The molecule has 4 heterocycles. The van der Waals surface area contributed by atoms with Gasteiger partial charge in [0.25, 0.3) is 0 Å². The Kier molecular flexibility index (Phi) is 3.95. The highest BCUT2D eigenvalue weighted by molar-refractivity contribution is 5.50. The maximum atomic E-state index is 5.50. The highest BCUT2D eigenvalue weighted by Gasteiger charge is 2.46. The van der Waals surface area contributed by atoms with Crippen LogP contribution in [-0.2, 0) is 6.54 Å². The topological polar surface area (TPSA) is 33.7 Å². The Morgan fingerprint density at radius 1 is 1.04 bits per heavy atom. The highest BCUT2D eigenvalue weighted by atomic mass is 16.7. The van der Waals surface area contributed by atoms with Crippen molar-refractivity contribution in [3.05, 3.63) is 65.2 Å². The van der Waals surface area contributed by atoms with Crippen LogP contribution in [0.1, 0.15) is 29.5 Å². The van der Waals surface area contributed by atoms with Gasteiger partial charge in [0.15, 0.2) is 11.5 Å². The number of nitrogens with zero attached hydrogens (tertiary/aromatic N) is 1. The van der Waals surface area contributed by atoms with Gasteiger partial charge in [0, 0.05) is 37.6 Å². The van der Waals surface area contributed by atoms with Crippen LogP contribution in [0.5, 0.6) is 11.5 Å². The van der Waals surface area contributed by atoms with Crippen molar-refractivity contribution in [1.29, 1.82) is 0 Å². The Morgan fingerprint density at radius 3 is 2.58 bits per heavy atom. The van der Waals surface area contributed by atoms with Crippen molar-refractivity contribution < 1.29 is 9.47 Å². The van der Waals surface area contributed by atoms with Gasteiger partial charge in [0.2, 0.25) is 6.79 Å². The molecule has 3 saturated heterocycles. The second kappa shape index (κ2) is 6.45. The number of hydrogen-bond donors (Lipinski definition) is 1. The van der Waals surface area contributed by atoms with Gasteiger partial charge in [-0.2, -0.15) is 0 Å². The number of piperidine rings is 1. The minimum absolute atomic E-state index is 0.338. The highest BCUT2D eigenvalue weighted by Crippen LogP contribution is 2.38. The van der Waals surface area contributed by atoms with Crippen LogP contribution < -0.4 is 14.8 Å². The summed E-state index contributed by atoms with van der Waals surface area (Å²) in [5.74, 6) is 2.38. The maximum absolute atomic E-state index is 5.50. The number of allylic oxidation sites excluding steroid dienone is 1. The largest absolute Gasteiger partial charge is 0.454 e. The van der Waals surface area contributed by atoms with Gasteiger partial charge in [-0.15, -0.1) is 0 Å². The standard InChI is InChI=1S/C22H24N2O2/c1-2-3-15-4-7-17(8-5-15)22-18-12-24(13-19(22)23-18)11-16-6-9-20-21(10-16)26-14-25-20/h2-10,18-19,22-23H,11-14H2,1H3/b3-2+/t18-,19+,22?. The fourth-order valence-electron chi connectivity index (χ4n) is 4.52. The molecule has 4 aliphatic rings. The maximum Gasteiger partial charge on any atom is 0.231 e. The molecule has 0 radical (unpaired) electrons. The number of hydrogen-bond acceptors (Lipinski definition) is 4. The van der Waals surface area contributed by atoms with Crippen molar-refractivity contribution in [3.63, 3.8) is 0 Å². The summed E-state index contributed by atoms with van der Waals surface area (Å²) in [6.07, 6.45) is 4.24. The summed E-state index contributed by atoms with van der Waals surface area (Å²) < 4.78 is 10.9. The van der Waals surface area contributed by atoms with Crippen LogP contribution in [0.2, 0.25) is 0 Å². The van der Waals surface area contributed by atoms with E-state index in [0.717, 1.165) is 31.1 Å². The van der Waals surface area contributed by atoms with E-state index in [9.17, 15) is 0 Å². The number of piperazine rings is 1. The van der Waals surface area contributed by atoms with E-state index in [1.165, 1.54) is 16.7 Å². The molecular formula is C22H24N2O2. The first kappa shape index (κ1) is 15.9. The predicted octanol–water partition coefficient (Wildman–Crippen LogP) is 3.39. The summed E-state index contributed by atoms with van der Waals surface area (Å²) in [7, 11) is 0. The van der Waals surface area contributed by atoms with E-state index < -0.39 is 0 Å². The second-order valence-electron chi connectivity index (χ2n) is 7.45. The summed E-state index contributed by atoms with van der Waals surface area (Å²) in [6, 6.07) is 16.5. The van der Waals surface area contributed by atoms with E-state index in [1.807, 2.05) is 6.07 Å². The molecule has 0 amide bonds. The Balaban J connectivity index is 1.24. The minimum Gasteiger partial charge on any atom is -0.454 e. The van der Waals surface area contributed by atoms with Gasteiger partial charge in [0.05, 0.1) is 0 Å². The van der Waals surface area contributed by atoms with E-state index in [4.69, 9.17) is 9.47 Å². The third-order valence-electron chi connectivity index (χ3n) is 5.73. The van der Waals surface area contributed by atoms with E-state index in [-0.39, 0.29) is 0 Å². The van der Waals surface area contributed by atoms with Crippen LogP contribution in [0.4, 0.5) is 0 Å². The van der Waals surface area contributed by atoms with Gasteiger partial charge in [-0.1, -0.05) is 42.5 Å². The van der Waals surface area contributed by atoms with E-state index in [2.05, 4.69) is 65.7 Å². The first-order valence-electron chi connectivity index (χ1n) is 9.40. The van der Waals surface area contributed by atoms with Crippen LogP contribution >= 0.6 is 0 Å². The van der Waals surface area contributed by atoms with Crippen LogP contribution in [0.25, 0.3) is 6.08 Å². The average Bonchev–Trinajstić information content (AvgIpc) is 3.11. The molecule has 1 N–H and O–H groups in total. The van der Waals surface area contributed by atoms with Crippen molar-refractivity contribution in [1.82, 2.24) is 10.2 Å². The summed E-state index contributed by atoms with van der Waals surface area (Å²) in [5, 5.41) is 3.72. The molecule has 4 nitrogen and oxygen atoms in total. The number of benzene rings is 2. The quantitative estimate of drug-likeness (QED) is 0.918. The smallest absolute Gasteiger partial charge is 0.231 e. The predicted molar refractivity (Wildman–Crippen MR) is 102 cm³/mol. The Labute approximate surface area is 154 Å². The van der Waals surface area contributed by atoms with Crippen LogP contribution in [0, 0.1) is 0 Å². The zero-order valence-corrected chi connectivity index (χ0v) is 15.0. The molecule has 4 aliphatic heterocycles. The molecule has 26 heavy (non-hydrogen) atoms. The molecule has 4 heteroatoms. The summed E-state index contributed by atoms with van der Waals surface area (Å²) in [4.78, 5) is 2.55. The van der Waals surface area contributed by atoms with E-state index in [0.29, 0.717) is 24.8 Å². The number of nitrogens with one attached hydrogen (secondary N) is 1. The summed E-state index contributed by atoms with van der Waals surface area (Å²) in [5.41, 5.74) is 4.04. The Morgan fingerprint density at radius 2 is 1.81 bits per heavy atom. The van der Waals surface area contributed by atoms with Gasteiger partial charge in [-0.05, 0) is 35.7 Å². The van der Waals surface area contributed by atoms with Crippen molar-refractivity contribution in [2.75, 3.05) is 19.9 Å². The Bertz CT molecular complexity index is 819. The average molecular weight is 348 g/mol. The van der Waals surface area contributed by atoms with Gasteiger partial charge in [-0.3, -0.25) is 4.90 Å². The van der Waals surface area contributed by atoms with Gasteiger partial charge in [0.1, 0.15) is 0 Å². The molecule has 3 atom stereocenters. The molecule has 6 rings (SSSR count). The lowest BCUT2D eigenvalue weighted by molar-refractivity contribution is 0.0470. The first-order valence-corrected chi connectivity index (χ1v) is 9.40. The molecule has 2 aromatic rings. The molecule has 2 aromatic carbocycles. The fraction of sp³-hybridized carbons (Fsp3) is 0.364. The number of fused-ring (bicyclic) bond motifs is 3. The van der Waals surface area contributed by atoms with Crippen LogP contribution in [-0.4, -0.2) is 36.9 Å². The monoisotopic (exact) mass is 348 g/mol. The third-order valence-corrected chi connectivity index (χ3v) is 5.73. The van der Waals surface area contributed by atoms with E-state index >= 15 is 0 Å². The minimum atomic E-state index is 0.338. The van der Waals surface area contributed by atoms with Crippen molar-refractivity contribution in [3.8, 4) is 11.5 Å². The van der Waals surface area contributed by atoms with Crippen LogP contribution in [0.3, 0.4) is 0 Å². The molecule has 134 valence electrons. The molecule has 0 aromatic heterocycles. The van der Waals surface area contributed by atoms with Gasteiger partial charge in [-0.25, -0.2) is 0 Å². The zero-order chi connectivity index (χ0) is 17.5. The fourth-order valence-corrected chi connectivity index (χ4v) is 4.52. The zero-order valence-electron chi connectivity index (χ0n) is 15.0. The van der Waals surface area contributed by atoms with Crippen LogP contribution in [0.15, 0.2) is 48.5 Å². The molecule has 3 fully saturated rings. The molecule has 0 aliphatic carbocycles. The molecule has 0 saturated carbocycles. The van der Waals surface area contributed by atoms with Crippen molar-refractivity contribution in [2.24, 2.45) is 0 Å². The molecule has 2 bridgehead atoms. The van der Waals surface area contributed by atoms with Crippen molar-refractivity contribution >= 4 is 6.08 Å². The lowest BCUT2D eigenvalue weighted by Gasteiger charge is -2.55. The molecule has 0 spiro atoms. The lowest BCUT2D eigenvalue weighted by atomic mass is 9.74.